The lowest BCUT2D eigenvalue weighted by atomic mass is 9.99. The number of hydrogen-bond donors (Lipinski definition) is 1. The Morgan fingerprint density at radius 3 is 3.00 bits per heavy atom. The lowest BCUT2D eigenvalue weighted by Crippen LogP contribution is -2.05. The second-order valence-electron chi connectivity index (χ2n) is 5.18. The van der Waals surface area contributed by atoms with E-state index in [1.807, 2.05) is 20.0 Å². The maximum Gasteiger partial charge on any atom is 0.125 e. The average Bonchev–Trinajstić information content (AvgIpc) is 2.97. The number of aliphatic hydroxyl groups is 1. The maximum absolute atomic E-state index is 10.5. The molecule has 0 saturated heterocycles. The van der Waals surface area contributed by atoms with Gasteiger partial charge in [-0.05, 0) is 30.2 Å². The van der Waals surface area contributed by atoms with Gasteiger partial charge in [0.1, 0.15) is 5.75 Å². The van der Waals surface area contributed by atoms with Crippen LogP contribution in [0.4, 0.5) is 0 Å². The molecular formula is C15H17BrN2O2. The second-order valence-corrected chi connectivity index (χ2v) is 6.10. The quantitative estimate of drug-likeness (QED) is 0.937. The average molecular weight is 337 g/mol. The number of aliphatic hydroxyl groups excluding tert-OH is 1. The highest BCUT2D eigenvalue weighted by Crippen LogP contribution is 2.35. The first kappa shape index (κ1) is 13.6. The molecule has 5 heteroatoms. The molecule has 0 fully saturated rings. The van der Waals surface area contributed by atoms with Crippen LogP contribution in [0.2, 0.25) is 0 Å². The number of fused-ring (bicyclic) bond motifs is 1. The molecule has 4 nitrogen and oxygen atoms in total. The van der Waals surface area contributed by atoms with Crippen molar-refractivity contribution in [2.75, 3.05) is 6.61 Å². The fraction of sp³-hybridized carbons (Fsp3) is 0.400. The lowest BCUT2D eigenvalue weighted by molar-refractivity contribution is 0.176. The van der Waals surface area contributed by atoms with Crippen molar-refractivity contribution < 1.29 is 9.84 Å². The Morgan fingerprint density at radius 2 is 2.30 bits per heavy atom. The van der Waals surface area contributed by atoms with Gasteiger partial charge in [-0.15, -0.1) is 0 Å². The zero-order valence-corrected chi connectivity index (χ0v) is 13.1. The van der Waals surface area contributed by atoms with E-state index in [1.54, 1.807) is 10.9 Å². The van der Waals surface area contributed by atoms with Crippen molar-refractivity contribution in [1.82, 2.24) is 9.78 Å². The van der Waals surface area contributed by atoms with E-state index in [2.05, 4.69) is 27.1 Å². The first-order chi connectivity index (χ1) is 9.56. The Bertz CT molecular complexity index is 652. The molecule has 1 aromatic heterocycles. The van der Waals surface area contributed by atoms with Crippen LogP contribution < -0.4 is 4.74 Å². The Morgan fingerprint density at radius 1 is 1.50 bits per heavy atom. The monoisotopic (exact) mass is 336 g/mol. The van der Waals surface area contributed by atoms with Crippen molar-refractivity contribution in [3.63, 3.8) is 0 Å². The smallest absolute Gasteiger partial charge is 0.125 e. The van der Waals surface area contributed by atoms with E-state index in [-0.39, 0.29) is 0 Å². The lowest BCUT2D eigenvalue weighted by Gasteiger charge is -2.14. The molecule has 106 valence electrons. The fourth-order valence-corrected chi connectivity index (χ4v) is 3.21. The molecule has 1 aliphatic heterocycles. The van der Waals surface area contributed by atoms with Crippen LogP contribution in [0.25, 0.3) is 0 Å². The summed E-state index contributed by atoms with van der Waals surface area (Å²) in [5.74, 6) is 0.939. The van der Waals surface area contributed by atoms with Crippen LogP contribution >= 0.6 is 15.9 Å². The standard InChI is InChI=1S/C15H17BrN2O2/c1-9-13(8-17-18(9)2)14(19)7-11-6-12(16)5-10-3-4-20-15(10)11/h5-6,8,14,19H,3-4,7H2,1-2H3. The summed E-state index contributed by atoms with van der Waals surface area (Å²) in [6, 6.07) is 4.12. The number of hydrogen-bond acceptors (Lipinski definition) is 3. The molecule has 1 aliphatic rings. The molecule has 0 amide bonds. The van der Waals surface area contributed by atoms with Gasteiger partial charge in [-0.3, -0.25) is 4.68 Å². The van der Waals surface area contributed by atoms with Gasteiger partial charge in [0.25, 0.3) is 0 Å². The molecule has 1 unspecified atom stereocenters. The minimum atomic E-state index is -0.564. The molecule has 2 aromatic rings. The number of halogens is 1. The first-order valence-corrected chi connectivity index (χ1v) is 7.46. The van der Waals surface area contributed by atoms with Gasteiger partial charge in [-0.1, -0.05) is 15.9 Å². The maximum atomic E-state index is 10.5. The van der Waals surface area contributed by atoms with Gasteiger partial charge in [0.05, 0.1) is 18.9 Å². The fourth-order valence-electron chi connectivity index (χ4n) is 2.66. The SMILES string of the molecule is Cc1c(C(O)Cc2cc(Br)cc3c2OCC3)cnn1C. The highest BCUT2D eigenvalue weighted by atomic mass is 79.9. The molecular weight excluding hydrogens is 320 g/mol. The van der Waals surface area contributed by atoms with Gasteiger partial charge in [0.15, 0.2) is 0 Å². The summed E-state index contributed by atoms with van der Waals surface area (Å²) in [5.41, 5.74) is 4.12. The Labute approximate surface area is 126 Å². The number of aromatic nitrogens is 2. The van der Waals surface area contributed by atoms with Crippen molar-refractivity contribution in [1.29, 1.82) is 0 Å². The van der Waals surface area contributed by atoms with E-state index in [0.29, 0.717) is 6.42 Å². The topological polar surface area (TPSA) is 47.3 Å². The summed E-state index contributed by atoms with van der Waals surface area (Å²) in [5, 5.41) is 14.7. The minimum Gasteiger partial charge on any atom is -0.493 e. The van der Waals surface area contributed by atoms with Crippen molar-refractivity contribution in [3.05, 3.63) is 45.2 Å². The number of aryl methyl sites for hydroxylation is 1. The Balaban J connectivity index is 1.90. The molecule has 1 aromatic carbocycles. The summed E-state index contributed by atoms with van der Waals surface area (Å²) in [7, 11) is 1.88. The third-order valence-corrected chi connectivity index (χ3v) is 4.33. The van der Waals surface area contributed by atoms with Crippen LogP contribution in [0, 0.1) is 6.92 Å². The summed E-state index contributed by atoms with van der Waals surface area (Å²) in [6.07, 6.45) is 2.64. The summed E-state index contributed by atoms with van der Waals surface area (Å²) >= 11 is 3.53. The zero-order chi connectivity index (χ0) is 14.3. The van der Waals surface area contributed by atoms with Crippen molar-refractivity contribution >= 4 is 15.9 Å². The largest absolute Gasteiger partial charge is 0.493 e. The molecule has 1 atom stereocenters. The van der Waals surface area contributed by atoms with Crippen molar-refractivity contribution in [2.24, 2.45) is 7.05 Å². The van der Waals surface area contributed by atoms with E-state index in [1.165, 1.54) is 5.56 Å². The predicted octanol–water partition coefficient (Wildman–Crippen LogP) is 2.70. The number of rotatable bonds is 3. The normalized spacial score (nSPS) is 15.0. The van der Waals surface area contributed by atoms with E-state index in [9.17, 15) is 5.11 Å². The van der Waals surface area contributed by atoms with E-state index >= 15 is 0 Å². The van der Waals surface area contributed by atoms with Crippen LogP contribution in [0.3, 0.4) is 0 Å². The van der Waals surface area contributed by atoms with E-state index < -0.39 is 6.10 Å². The van der Waals surface area contributed by atoms with Crippen molar-refractivity contribution in [2.45, 2.75) is 25.9 Å². The van der Waals surface area contributed by atoms with Crippen LogP contribution in [-0.4, -0.2) is 21.5 Å². The first-order valence-electron chi connectivity index (χ1n) is 6.67. The molecule has 0 aliphatic carbocycles. The molecule has 2 heterocycles. The van der Waals surface area contributed by atoms with Gasteiger partial charge in [-0.2, -0.15) is 5.10 Å². The van der Waals surface area contributed by atoms with Gasteiger partial charge in [0.2, 0.25) is 0 Å². The van der Waals surface area contributed by atoms with Gasteiger partial charge >= 0.3 is 0 Å². The van der Waals surface area contributed by atoms with Crippen LogP contribution in [0.1, 0.15) is 28.5 Å². The highest BCUT2D eigenvalue weighted by Gasteiger charge is 2.21. The zero-order valence-electron chi connectivity index (χ0n) is 11.6. The molecule has 1 N–H and O–H groups in total. The van der Waals surface area contributed by atoms with Gasteiger partial charge in [0, 0.05) is 35.6 Å². The molecule has 0 spiro atoms. The Kier molecular flexibility index (Phi) is 3.56. The van der Waals surface area contributed by atoms with E-state index in [0.717, 1.165) is 40.1 Å². The minimum absolute atomic E-state index is 0.536. The number of ether oxygens (including phenoxy) is 1. The molecule has 0 saturated carbocycles. The number of benzene rings is 1. The third-order valence-electron chi connectivity index (χ3n) is 3.87. The second kappa shape index (κ2) is 5.22. The number of nitrogens with zero attached hydrogens (tertiary/aromatic N) is 2. The third kappa shape index (κ3) is 2.36. The van der Waals surface area contributed by atoms with Crippen LogP contribution in [-0.2, 0) is 19.9 Å². The van der Waals surface area contributed by atoms with Gasteiger partial charge in [-0.25, -0.2) is 0 Å². The summed E-state index contributed by atoms with van der Waals surface area (Å²) in [6.45, 7) is 2.69. The molecule has 0 bridgehead atoms. The predicted molar refractivity (Wildman–Crippen MR) is 79.9 cm³/mol. The van der Waals surface area contributed by atoms with Crippen LogP contribution in [0.15, 0.2) is 22.8 Å². The van der Waals surface area contributed by atoms with Gasteiger partial charge < -0.3 is 9.84 Å². The summed E-state index contributed by atoms with van der Waals surface area (Å²) in [4.78, 5) is 0. The van der Waals surface area contributed by atoms with Crippen LogP contribution in [0.5, 0.6) is 5.75 Å². The Hall–Kier alpha value is -1.33. The molecule has 20 heavy (non-hydrogen) atoms. The molecule has 0 radical (unpaired) electrons. The molecule has 3 rings (SSSR count). The highest BCUT2D eigenvalue weighted by molar-refractivity contribution is 9.10. The van der Waals surface area contributed by atoms with Crippen molar-refractivity contribution in [3.8, 4) is 5.75 Å². The summed E-state index contributed by atoms with van der Waals surface area (Å²) < 4.78 is 8.52. The van der Waals surface area contributed by atoms with E-state index in [4.69, 9.17) is 4.74 Å².